The molecule has 15 heavy (non-hydrogen) atoms. The zero-order valence-corrected chi connectivity index (χ0v) is 9.66. The molecule has 0 saturated carbocycles. The fourth-order valence-corrected chi connectivity index (χ4v) is 0.937. The number of carbonyl (C=O) groups excluding carboxylic acids is 1. The van der Waals surface area contributed by atoms with Crippen LogP contribution in [0.2, 0.25) is 0 Å². The van der Waals surface area contributed by atoms with E-state index in [1.54, 1.807) is 20.8 Å². The zero-order chi connectivity index (χ0) is 12.3. The Labute approximate surface area is 89.9 Å². The summed E-state index contributed by atoms with van der Waals surface area (Å²) >= 11 is 0. The van der Waals surface area contributed by atoms with Gasteiger partial charge in [0.1, 0.15) is 5.60 Å². The van der Waals surface area contributed by atoms with Crippen molar-refractivity contribution >= 4 is 11.9 Å². The van der Waals surface area contributed by atoms with Crippen LogP contribution in [0.25, 0.3) is 0 Å². The van der Waals surface area contributed by atoms with Gasteiger partial charge in [0.25, 0.3) is 0 Å². The summed E-state index contributed by atoms with van der Waals surface area (Å²) in [6.45, 7) is 9.86. The molecule has 0 rings (SSSR count). The van der Waals surface area contributed by atoms with Gasteiger partial charge in [-0.15, -0.1) is 6.58 Å². The summed E-state index contributed by atoms with van der Waals surface area (Å²) in [7, 11) is 0. The van der Waals surface area contributed by atoms with Gasteiger partial charge in [0, 0.05) is 0 Å². The summed E-state index contributed by atoms with van der Waals surface area (Å²) in [6, 6.07) is 0. The Morgan fingerprint density at radius 2 is 1.80 bits per heavy atom. The van der Waals surface area contributed by atoms with Crippen LogP contribution < -0.4 is 0 Å². The van der Waals surface area contributed by atoms with Crippen LogP contribution in [0.1, 0.15) is 34.1 Å². The second kappa shape index (κ2) is 4.47. The van der Waals surface area contributed by atoms with Gasteiger partial charge in [-0.2, -0.15) is 0 Å². The smallest absolute Gasteiger partial charge is 0.324 e. The molecule has 0 spiro atoms. The third-order valence-electron chi connectivity index (χ3n) is 1.87. The van der Waals surface area contributed by atoms with Gasteiger partial charge in [-0.05, 0) is 34.1 Å². The van der Waals surface area contributed by atoms with Crippen LogP contribution in [-0.4, -0.2) is 22.6 Å². The molecule has 0 radical (unpaired) electrons. The quantitative estimate of drug-likeness (QED) is 0.441. The Kier molecular flexibility index (Phi) is 4.07. The highest BCUT2D eigenvalue weighted by atomic mass is 16.6. The van der Waals surface area contributed by atoms with Gasteiger partial charge >= 0.3 is 11.9 Å². The van der Waals surface area contributed by atoms with Crippen molar-refractivity contribution in [1.82, 2.24) is 0 Å². The van der Waals surface area contributed by atoms with Gasteiger partial charge in [-0.25, -0.2) is 0 Å². The molecule has 0 heterocycles. The molecule has 86 valence electrons. The topological polar surface area (TPSA) is 63.6 Å². The lowest BCUT2D eigenvalue weighted by atomic mass is 9.87. The average molecular weight is 214 g/mol. The molecule has 4 heteroatoms. The van der Waals surface area contributed by atoms with E-state index in [1.165, 1.54) is 13.0 Å². The second-order valence-electron chi connectivity index (χ2n) is 4.63. The Morgan fingerprint density at radius 3 is 2.07 bits per heavy atom. The number of carboxylic acid groups (broad SMARTS) is 1. The molecule has 0 aromatic rings. The molecule has 0 saturated heterocycles. The van der Waals surface area contributed by atoms with E-state index >= 15 is 0 Å². The highest BCUT2D eigenvalue weighted by Gasteiger charge is 2.43. The number of ether oxygens (including phenoxy) is 1. The van der Waals surface area contributed by atoms with Crippen LogP contribution in [0.3, 0.4) is 0 Å². The van der Waals surface area contributed by atoms with Crippen LogP contribution in [-0.2, 0) is 14.3 Å². The number of esters is 1. The average Bonchev–Trinajstić information content (AvgIpc) is 2.00. The first-order valence-corrected chi connectivity index (χ1v) is 4.71. The molecule has 0 fully saturated rings. The second-order valence-corrected chi connectivity index (χ2v) is 4.63. The van der Waals surface area contributed by atoms with Gasteiger partial charge < -0.3 is 9.84 Å². The van der Waals surface area contributed by atoms with Crippen LogP contribution in [0.5, 0.6) is 0 Å². The SMILES string of the molecule is C=CC[C@@](C)(C(=O)O)C(=O)OC(C)(C)C. The molecule has 0 bridgehead atoms. The lowest BCUT2D eigenvalue weighted by molar-refractivity contribution is -0.175. The van der Waals surface area contributed by atoms with Crippen molar-refractivity contribution in [1.29, 1.82) is 0 Å². The van der Waals surface area contributed by atoms with Gasteiger partial charge in [-0.3, -0.25) is 9.59 Å². The minimum Gasteiger partial charge on any atom is -0.480 e. The third-order valence-corrected chi connectivity index (χ3v) is 1.87. The highest BCUT2D eigenvalue weighted by molar-refractivity contribution is 5.99. The van der Waals surface area contributed by atoms with E-state index in [1.807, 2.05) is 0 Å². The molecular formula is C11H18O4. The monoisotopic (exact) mass is 214 g/mol. The first-order chi connectivity index (χ1) is 6.63. The first-order valence-electron chi connectivity index (χ1n) is 4.71. The molecular weight excluding hydrogens is 196 g/mol. The molecule has 0 aliphatic carbocycles. The Balaban J connectivity index is 4.87. The molecule has 0 aromatic heterocycles. The highest BCUT2D eigenvalue weighted by Crippen LogP contribution is 2.26. The fourth-order valence-electron chi connectivity index (χ4n) is 0.937. The number of hydrogen-bond donors (Lipinski definition) is 1. The Bertz CT molecular complexity index is 275. The summed E-state index contributed by atoms with van der Waals surface area (Å²) < 4.78 is 5.05. The van der Waals surface area contributed by atoms with E-state index in [4.69, 9.17) is 9.84 Å². The molecule has 0 aromatic carbocycles. The van der Waals surface area contributed by atoms with Crippen molar-refractivity contribution in [2.75, 3.05) is 0 Å². The Hall–Kier alpha value is -1.32. The van der Waals surface area contributed by atoms with Crippen LogP contribution in [0.4, 0.5) is 0 Å². The number of carbonyl (C=O) groups is 2. The molecule has 0 unspecified atom stereocenters. The fraction of sp³-hybridized carbons (Fsp3) is 0.636. The van der Waals surface area contributed by atoms with Crippen molar-refractivity contribution in [3.05, 3.63) is 12.7 Å². The number of rotatable bonds is 4. The third kappa shape index (κ3) is 3.73. The summed E-state index contributed by atoms with van der Waals surface area (Å²) in [4.78, 5) is 22.7. The van der Waals surface area contributed by atoms with E-state index in [2.05, 4.69) is 6.58 Å². The van der Waals surface area contributed by atoms with Crippen molar-refractivity contribution in [3.63, 3.8) is 0 Å². The van der Waals surface area contributed by atoms with E-state index in [9.17, 15) is 9.59 Å². The largest absolute Gasteiger partial charge is 0.480 e. The predicted molar refractivity (Wildman–Crippen MR) is 56.4 cm³/mol. The van der Waals surface area contributed by atoms with Crippen molar-refractivity contribution in [2.45, 2.75) is 39.7 Å². The number of aliphatic carboxylic acids is 1. The van der Waals surface area contributed by atoms with E-state index < -0.39 is 23.0 Å². The van der Waals surface area contributed by atoms with Crippen LogP contribution in [0, 0.1) is 5.41 Å². The van der Waals surface area contributed by atoms with Crippen molar-refractivity contribution in [2.24, 2.45) is 5.41 Å². The van der Waals surface area contributed by atoms with Gasteiger partial charge in [0.15, 0.2) is 5.41 Å². The lowest BCUT2D eigenvalue weighted by Gasteiger charge is -2.27. The maximum absolute atomic E-state index is 11.7. The normalized spacial score (nSPS) is 15.2. The van der Waals surface area contributed by atoms with Crippen LogP contribution >= 0.6 is 0 Å². The number of hydrogen-bond acceptors (Lipinski definition) is 3. The molecule has 1 atom stereocenters. The van der Waals surface area contributed by atoms with Gasteiger partial charge in [-0.1, -0.05) is 6.08 Å². The van der Waals surface area contributed by atoms with E-state index in [-0.39, 0.29) is 6.42 Å². The molecule has 0 aliphatic rings. The predicted octanol–water partition coefficient (Wildman–Crippen LogP) is 2.00. The minimum absolute atomic E-state index is 0.0528. The summed E-state index contributed by atoms with van der Waals surface area (Å²) in [5.41, 5.74) is -2.23. The maximum atomic E-state index is 11.7. The number of allylic oxidation sites excluding steroid dienone is 1. The van der Waals surface area contributed by atoms with Gasteiger partial charge in [0.05, 0.1) is 0 Å². The van der Waals surface area contributed by atoms with Crippen LogP contribution in [0.15, 0.2) is 12.7 Å². The number of carboxylic acids is 1. The standard InChI is InChI=1S/C11H18O4/c1-6-7-11(5,8(12)13)9(14)15-10(2,3)4/h6H,1,7H2,2-5H3,(H,12,13)/t11-/m0/s1. The first kappa shape index (κ1) is 13.7. The molecule has 4 nitrogen and oxygen atoms in total. The maximum Gasteiger partial charge on any atom is 0.324 e. The minimum atomic E-state index is -1.55. The molecule has 0 aliphatic heterocycles. The summed E-state index contributed by atoms with van der Waals surface area (Å²) in [5.74, 6) is -1.93. The van der Waals surface area contributed by atoms with Gasteiger partial charge in [0.2, 0.25) is 0 Å². The Morgan fingerprint density at radius 1 is 1.33 bits per heavy atom. The molecule has 1 N–H and O–H groups in total. The summed E-state index contributed by atoms with van der Waals surface area (Å²) in [5, 5.41) is 8.98. The van der Waals surface area contributed by atoms with E-state index in [0.717, 1.165) is 0 Å². The zero-order valence-electron chi connectivity index (χ0n) is 9.66. The molecule has 0 amide bonds. The van der Waals surface area contributed by atoms with Crippen molar-refractivity contribution < 1.29 is 19.4 Å². The lowest BCUT2D eigenvalue weighted by Crippen LogP contribution is -2.41. The van der Waals surface area contributed by atoms with E-state index in [0.29, 0.717) is 0 Å². The summed E-state index contributed by atoms with van der Waals surface area (Å²) in [6.07, 6.45) is 1.45. The van der Waals surface area contributed by atoms with Crippen molar-refractivity contribution in [3.8, 4) is 0 Å².